The average Bonchev–Trinajstić information content (AvgIpc) is 2.40. The lowest BCUT2D eigenvalue weighted by Crippen LogP contribution is -2.20. The van der Waals surface area contributed by atoms with E-state index in [2.05, 4.69) is 0 Å². The van der Waals surface area contributed by atoms with E-state index in [1.54, 1.807) is 24.3 Å². The maximum Gasteiger partial charge on any atom is 0.205 e. The van der Waals surface area contributed by atoms with Gasteiger partial charge in [-0.2, -0.15) is 0 Å². The molecule has 94 valence electrons. The fourth-order valence-electron chi connectivity index (χ4n) is 2.07. The van der Waals surface area contributed by atoms with Gasteiger partial charge in [-0.15, -0.1) is 0 Å². The Morgan fingerprint density at radius 2 is 1.61 bits per heavy atom. The third kappa shape index (κ3) is 2.24. The zero-order valence-corrected chi connectivity index (χ0v) is 10.7. The van der Waals surface area contributed by atoms with Gasteiger partial charge in [0.25, 0.3) is 0 Å². The predicted octanol–water partition coefficient (Wildman–Crippen LogP) is 2.69. The van der Waals surface area contributed by atoms with E-state index < -0.39 is 0 Å². The van der Waals surface area contributed by atoms with Crippen LogP contribution in [0.5, 0.6) is 0 Å². The maximum absolute atomic E-state index is 12.2. The van der Waals surface area contributed by atoms with Gasteiger partial charge in [-0.1, -0.05) is 35.9 Å². The Kier molecular flexibility index (Phi) is 3.94. The van der Waals surface area contributed by atoms with Gasteiger partial charge in [0.05, 0.1) is 5.03 Å². The normalized spacial score (nSPS) is 15.0. The van der Waals surface area contributed by atoms with Crippen molar-refractivity contribution in [3.05, 3.63) is 46.0 Å². The first-order chi connectivity index (χ1) is 8.66. The molecule has 0 bridgehead atoms. The Labute approximate surface area is 111 Å². The van der Waals surface area contributed by atoms with Crippen molar-refractivity contribution < 1.29 is 9.59 Å². The molecule has 0 fully saturated rings. The van der Waals surface area contributed by atoms with Crippen molar-refractivity contribution in [2.24, 2.45) is 5.73 Å². The zero-order chi connectivity index (χ0) is 13.1. The number of carbonyl (C=O) groups excluding carboxylic acids is 2. The molecule has 0 radical (unpaired) electrons. The van der Waals surface area contributed by atoms with Crippen molar-refractivity contribution in [3.63, 3.8) is 0 Å². The predicted molar refractivity (Wildman–Crippen MR) is 70.9 cm³/mol. The molecular formula is C14H14ClNO2. The van der Waals surface area contributed by atoms with E-state index in [1.807, 2.05) is 0 Å². The highest BCUT2D eigenvalue weighted by atomic mass is 35.5. The molecule has 1 aromatic rings. The van der Waals surface area contributed by atoms with Crippen molar-refractivity contribution in [2.45, 2.75) is 19.3 Å². The first-order valence-corrected chi connectivity index (χ1v) is 6.31. The number of nitrogens with two attached hydrogens (primary N) is 1. The van der Waals surface area contributed by atoms with Gasteiger partial charge < -0.3 is 5.73 Å². The molecule has 4 heteroatoms. The fraction of sp³-hybridized carbons (Fsp3) is 0.286. The van der Waals surface area contributed by atoms with Crippen LogP contribution >= 0.6 is 11.6 Å². The van der Waals surface area contributed by atoms with Crippen LogP contribution in [0.3, 0.4) is 0 Å². The van der Waals surface area contributed by atoms with E-state index in [0.717, 1.165) is 12.8 Å². The second-order valence-electron chi connectivity index (χ2n) is 4.24. The summed E-state index contributed by atoms with van der Waals surface area (Å²) >= 11 is 6.01. The molecular weight excluding hydrogens is 250 g/mol. The molecule has 2 rings (SSSR count). The number of hydrogen-bond donors (Lipinski definition) is 1. The van der Waals surface area contributed by atoms with E-state index in [0.29, 0.717) is 29.7 Å². The topological polar surface area (TPSA) is 60.2 Å². The molecule has 0 unspecified atom stereocenters. The summed E-state index contributed by atoms with van der Waals surface area (Å²) in [6.07, 6.45) is 2.09. The molecule has 0 amide bonds. The Balaban J connectivity index is 2.34. The van der Waals surface area contributed by atoms with Gasteiger partial charge in [0, 0.05) is 16.7 Å². The summed E-state index contributed by atoms with van der Waals surface area (Å²) in [6.45, 7) is 0.573. The number of allylic oxidation sites excluding steroid dienone is 2. The lowest BCUT2D eigenvalue weighted by Gasteiger charge is -2.17. The Morgan fingerprint density at radius 1 is 1.00 bits per heavy atom. The Morgan fingerprint density at radius 3 is 2.22 bits per heavy atom. The second-order valence-corrected chi connectivity index (χ2v) is 4.62. The minimum absolute atomic E-state index is 0.0655. The third-order valence-electron chi connectivity index (χ3n) is 3.04. The minimum Gasteiger partial charge on any atom is -0.330 e. The molecule has 3 nitrogen and oxygen atoms in total. The number of hydrogen-bond acceptors (Lipinski definition) is 3. The van der Waals surface area contributed by atoms with Crippen molar-refractivity contribution in [3.8, 4) is 0 Å². The molecule has 0 saturated heterocycles. The van der Waals surface area contributed by atoms with Gasteiger partial charge in [0.1, 0.15) is 0 Å². The molecule has 0 aliphatic heterocycles. The van der Waals surface area contributed by atoms with Crippen molar-refractivity contribution >= 4 is 23.2 Å². The van der Waals surface area contributed by atoms with Gasteiger partial charge in [0.2, 0.25) is 5.78 Å². The van der Waals surface area contributed by atoms with E-state index in [1.165, 1.54) is 0 Å². The number of rotatable bonds is 4. The second kappa shape index (κ2) is 5.46. The van der Waals surface area contributed by atoms with Crippen LogP contribution in [0.1, 0.15) is 40.0 Å². The molecule has 1 aromatic carbocycles. The lowest BCUT2D eigenvalue weighted by atomic mass is 9.87. The van der Waals surface area contributed by atoms with E-state index in [-0.39, 0.29) is 16.6 Å². The minimum atomic E-state index is -0.255. The highest BCUT2D eigenvalue weighted by Gasteiger charge is 2.30. The van der Waals surface area contributed by atoms with Crippen LogP contribution in [-0.4, -0.2) is 18.1 Å². The highest BCUT2D eigenvalue weighted by molar-refractivity contribution is 6.50. The number of unbranched alkanes of at least 4 members (excludes halogenated alkanes) is 1. The Bertz CT molecular complexity index is 534. The van der Waals surface area contributed by atoms with Crippen LogP contribution in [0.2, 0.25) is 0 Å². The van der Waals surface area contributed by atoms with E-state index in [4.69, 9.17) is 17.3 Å². The third-order valence-corrected chi connectivity index (χ3v) is 3.44. The monoisotopic (exact) mass is 263 g/mol. The van der Waals surface area contributed by atoms with Gasteiger partial charge >= 0.3 is 0 Å². The number of Topliss-reactive ketones (excluding diaryl/α,β-unsaturated/α-hetero) is 2. The van der Waals surface area contributed by atoms with Crippen LogP contribution in [0, 0.1) is 0 Å². The van der Waals surface area contributed by atoms with Crippen LogP contribution in [0.4, 0.5) is 0 Å². The Hall–Kier alpha value is -1.45. The number of benzene rings is 1. The fourth-order valence-corrected chi connectivity index (χ4v) is 2.35. The smallest absolute Gasteiger partial charge is 0.205 e. The number of ketones is 2. The summed E-state index contributed by atoms with van der Waals surface area (Å²) in [4.78, 5) is 24.3. The van der Waals surface area contributed by atoms with Crippen LogP contribution in [0.25, 0.3) is 0 Å². The SMILES string of the molecule is NCCCCC1=C(Cl)C(=O)c2ccccc2C1=O. The molecule has 0 spiro atoms. The summed E-state index contributed by atoms with van der Waals surface area (Å²) in [5.74, 6) is -0.387. The molecule has 1 aliphatic carbocycles. The van der Waals surface area contributed by atoms with Gasteiger partial charge in [0.15, 0.2) is 5.78 Å². The molecule has 0 saturated carbocycles. The highest BCUT2D eigenvalue weighted by Crippen LogP contribution is 2.30. The van der Waals surface area contributed by atoms with Crippen molar-refractivity contribution in [2.75, 3.05) is 6.54 Å². The van der Waals surface area contributed by atoms with Crippen LogP contribution in [0.15, 0.2) is 34.9 Å². The summed E-state index contributed by atoms with van der Waals surface area (Å²) < 4.78 is 0. The standard InChI is InChI=1S/C14H14ClNO2/c15-12-11(7-3-4-8-16)13(17)9-5-1-2-6-10(9)14(12)18/h1-2,5-6H,3-4,7-8,16H2. The first-order valence-electron chi connectivity index (χ1n) is 5.94. The van der Waals surface area contributed by atoms with E-state index >= 15 is 0 Å². The summed E-state index contributed by atoms with van der Waals surface area (Å²) in [7, 11) is 0. The van der Waals surface area contributed by atoms with E-state index in [9.17, 15) is 9.59 Å². The molecule has 18 heavy (non-hydrogen) atoms. The summed E-state index contributed by atoms with van der Waals surface area (Å²) in [5.41, 5.74) is 6.69. The molecule has 0 aromatic heterocycles. The summed E-state index contributed by atoms with van der Waals surface area (Å²) in [6, 6.07) is 6.78. The number of halogens is 1. The quantitative estimate of drug-likeness (QED) is 0.850. The lowest BCUT2D eigenvalue weighted by molar-refractivity contribution is 0.0977. The molecule has 2 N–H and O–H groups in total. The first kappa shape index (κ1) is 13.0. The van der Waals surface area contributed by atoms with Crippen LogP contribution < -0.4 is 5.73 Å². The number of fused-ring (bicyclic) bond motifs is 1. The number of carbonyl (C=O) groups is 2. The zero-order valence-electron chi connectivity index (χ0n) is 9.91. The van der Waals surface area contributed by atoms with Gasteiger partial charge in [-0.3, -0.25) is 9.59 Å². The molecule has 0 heterocycles. The van der Waals surface area contributed by atoms with Crippen molar-refractivity contribution in [1.29, 1.82) is 0 Å². The molecule has 1 aliphatic rings. The van der Waals surface area contributed by atoms with Crippen molar-refractivity contribution in [1.82, 2.24) is 0 Å². The van der Waals surface area contributed by atoms with Gasteiger partial charge in [-0.25, -0.2) is 0 Å². The average molecular weight is 264 g/mol. The maximum atomic E-state index is 12.2. The summed E-state index contributed by atoms with van der Waals surface area (Å²) in [5, 5.41) is 0.0655. The largest absolute Gasteiger partial charge is 0.330 e. The molecule has 0 atom stereocenters. The van der Waals surface area contributed by atoms with Crippen LogP contribution in [-0.2, 0) is 0 Å². The van der Waals surface area contributed by atoms with Gasteiger partial charge in [-0.05, 0) is 25.8 Å².